The number of para-hydroxylation sites is 1. The molecule has 0 aliphatic rings. The molecule has 5 nitrogen and oxygen atoms in total. The van der Waals surface area contributed by atoms with Gasteiger partial charge in [0.15, 0.2) is 0 Å². The summed E-state index contributed by atoms with van der Waals surface area (Å²) in [6, 6.07) is 8.21. The van der Waals surface area contributed by atoms with Gasteiger partial charge in [0.25, 0.3) is 5.69 Å². The molecule has 1 aromatic carbocycles. The zero-order valence-corrected chi connectivity index (χ0v) is 11.9. The van der Waals surface area contributed by atoms with Crippen LogP contribution in [0.1, 0.15) is 22.2 Å². The normalized spacial score (nSPS) is 10.3. The smallest absolute Gasteiger partial charge is 0.348 e. The van der Waals surface area contributed by atoms with Crippen molar-refractivity contribution in [1.82, 2.24) is 0 Å². The largest absolute Gasteiger partial charge is 0.462 e. The monoisotopic (exact) mass is 291 g/mol. The number of rotatable bonds is 4. The molecule has 20 heavy (non-hydrogen) atoms. The van der Waals surface area contributed by atoms with Gasteiger partial charge in [-0.3, -0.25) is 10.1 Å². The van der Waals surface area contributed by atoms with Crippen LogP contribution < -0.4 is 0 Å². The first-order valence-electron chi connectivity index (χ1n) is 6.06. The zero-order valence-electron chi connectivity index (χ0n) is 11.1. The lowest BCUT2D eigenvalue weighted by atomic mass is 10.1. The van der Waals surface area contributed by atoms with Crippen molar-refractivity contribution in [1.29, 1.82) is 0 Å². The molecule has 0 spiro atoms. The van der Waals surface area contributed by atoms with E-state index in [4.69, 9.17) is 4.74 Å². The molecular formula is C14H13NO4S. The number of nitro benzene ring substituents is 1. The molecule has 0 radical (unpaired) electrons. The van der Waals surface area contributed by atoms with Crippen molar-refractivity contribution < 1.29 is 14.5 Å². The van der Waals surface area contributed by atoms with Crippen LogP contribution in [0, 0.1) is 17.0 Å². The molecule has 104 valence electrons. The SMILES string of the molecule is CCOC(=O)c1cc(C)c(-c2ccccc2[N+](=O)[O-])s1. The molecule has 0 aliphatic carbocycles. The molecule has 0 saturated heterocycles. The van der Waals surface area contributed by atoms with Gasteiger partial charge in [-0.1, -0.05) is 12.1 Å². The van der Waals surface area contributed by atoms with E-state index in [0.717, 1.165) is 10.4 Å². The Balaban J connectivity index is 2.49. The van der Waals surface area contributed by atoms with Crippen molar-refractivity contribution in [3.8, 4) is 10.4 Å². The first-order valence-corrected chi connectivity index (χ1v) is 6.87. The number of aryl methyl sites for hydroxylation is 1. The van der Waals surface area contributed by atoms with E-state index in [1.807, 2.05) is 6.92 Å². The summed E-state index contributed by atoms with van der Waals surface area (Å²) in [5, 5.41) is 11.1. The number of ether oxygens (including phenoxy) is 1. The lowest BCUT2D eigenvalue weighted by Crippen LogP contribution is -2.01. The van der Waals surface area contributed by atoms with Crippen molar-refractivity contribution in [2.75, 3.05) is 6.61 Å². The quantitative estimate of drug-likeness (QED) is 0.488. The number of carbonyl (C=O) groups excluding carboxylic acids is 1. The Kier molecular flexibility index (Phi) is 4.14. The number of hydrogen-bond donors (Lipinski definition) is 0. The summed E-state index contributed by atoms with van der Waals surface area (Å²) in [6.07, 6.45) is 0. The molecule has 0 saturated carbocycles. The summed E-state index contributed by atoms with van der Waals surface area (Å²) in [7, 11) is 0. The van der Waals surface area contributed by atoms with E-state index in [0.29, 0.717) is 17.0 Å². The molecule has 0 unspecified atom stereocenters. The standard InChI is InChI=1S/C14H13NO4S/c1-3-19-14(16)12-8-9(2)13(20-12)10-6-4-5-7-11(10)15(17)18/h4-8H,3H2,1-2H3. The highest BCUT2D eigenvalue weighted by molar-refractivity contribution is 7.17. The second-order valence-electron chi connectivity index (χ2n) is 4.12. The highest BCUT2D eigenvalue weighted by Crippen LogP contribution is 2.37. The number of benzene rings is 1. The Morgan fingerprint density at radius 2 is 2.10 bits per heavy atom. The highest BCUT2D eigenvalue weighted by atomic mass is 32.1. The molecule has 1 aromatic heterocycles. The molecule has 0 N–H and O–H groups in total. The van der Waals surface area contributed by atoms with Crippen molar-refractivity contribution in [2.45, 2.75) is 13.8 Å². The molecular weight excluding hydrogens is 278 g/mol. The van der Waals surface area contributed by atoms with Crippen LogP contribution in [0.15, 0.2) is 30.3 Å². The highest BCUT2D eigenvalue weighted by Gasteiger charge is 2.20. The number of nitrogens with zero attached hydrogens (tertiary/aromatic N) is 1. The summed E-state index contributed by atoms with van der Waals surface area (Å²) < 4.78 is 4.95. The third-order valence-electron chi connectivity index (χ3n) is 2.74. The number of esters is 1. The minimum absolute atomic E-state index is 0.0351. The lowest BCUT2D eigenvalue weighted by molar-refractivity contribution is -0.384. The molecule has 0 atom stereocenters. The fourth-order valence-corrected chi connectivity index (χ4v) is 2.98. The number of hydrogen-bond acceptors (Lipinski definition) is 5. The summed E-state index contributed by atoms with van der Waals surface area (Å²) >= 11 is 1.21. The van der Waals surface area contributed by atoms with E-state index >= 15 is 0 Å². The maximum atomic E-state index is 11.7. The Labute approximate surface area is 120 Å². The van der Waals surface area contributed by atoms with Crippen molar-refractivity contribution in [2.24, 2.45) is 0 Å². The van der Waals surface area contributed by atoms with Gasteiger partial charge in [0.2, 0.25) is 0 Å². The van der Waals surface area contributed by atoms with Crippen LogP contribution in [0.25, 0.3) is 10.4 Å². The molecule has 0 fully saturated rings. The van der Waals surface area contributed by atoms with E-state index < -0.39 is 10.9 Å². The van der Waals surface area contributed by atoms with Gasteiger partial charge in [0.05, 0.1) is 17.1 Å². The number of thiophene rings is 1. The average molecular weight is 291 g/mol. The van der Waals surface area contributed by atoms with Crippen LogP contribution >= 0.6 is 11.3 Å². The predicted molar refractivity (Wildman–Crippen MR) is 77.1 cm³/mol. The van der Waals surface area contributed by atoms with Gasteiger partial charge >= 0.3 is 5.97 Å². The Bertz CT molecular complexity index is 663. The van der Waals surface area contributed by atoms with Gasteiger partial charge in [-0.05, 0) is 31.5 Å². The van der Waals surface area contributed by atoms with Gasteiger partial charge in [-0.15, -0.1) is 11.3 Å². The van der Waals surface area contributed by atoms with E-state index in [-0.39, 0.29) is 5.69 Å². The van der Waals surface area contributed by atoms with Crippen LogP contribution in [0.3, 0.4) is 0 Å². The van der Waals surface area contributed by atoms with Crippen molar-refractivity contribution in [3.63, 3.8) is 0 Å². The van der Waals surface area contributed by atoms with Crippen LogP contribution in [-0.2, 0) is 4.74 Å². The lowest BCUT2D eigenvalue weighted by Gasteiger charge is -2.01. The molecule has 0 aliphatic heterocycles. The van der Waals surface area contributed by atoms with Gasteiger partial charge in [0, 0.05) is 10.9 Å². The van der Waals surface area contributed by atoms with Crippen LogP contribution in [0.4, 0.5) is 5.69 Å². The summed E-state index contributed by atoms with van der Waals surface area (Å²) in [6.45, 7) is 3.86. The molecule has 6 heteroatoms. The minimum atomic E-state index is -0.418. The van der Waals surface area contributed by atoms with Crippen molar-refractivity contribution >= 4 is 23.0 Å². The second kappa shape index (κ2) is 5.83. The maximum Gasteiger partial charge on any atom is 0.348 e. The average Bonchev–Trinajstić information content (AvgIpc) is 2.81. The van der Waals surface area contributed by atoms with E-state index in [1.165, 1.54) is 17.4 Å². The van der Waals surface area contributed by atoms with E-state index in [9.17, 15) is 14.9 Å². The van der Waals surface area contributed by atoms with Gasteiger partial charge < -0.3 is 4.74 Å². The Morgan fingerprint density at radius 3 is 2.75 bits per heavy atom. The van der Waals surface area contributed by atoms with Crippen molar-refractivity contribution in [3.05, 3.63) is 50.9 Å². The minimum Gasteiger partial charge on any atom is -0.462 e. The van der Waals surface area contributed by atoms with Crippen LogP contribution in [0.2, 0.25) is 0 Å². The number of nitro groups is 1. The molecule has 0 bridgehead atoms. The topological polar surface area (TPSA) is 69.4 Å². The van der Waals surface area contributed by atoms with Gasteiger partial charge in [-0.25, -0.2) is 4.79 Å². The first kappa shape index (κ1) is 14.2. The zero-order chi connectivity index (χ0) is 14.7. The second-order valence-corrected chi connectivity index (χ2v) is 5.17. The van der Waals surface area contributed by atoms with Crippen LogP contribution in [0.5, 0.6) is 0 Å². The summed E-state index contributed by atoms with van der Waals surface area (Å²) in [4.78, 5) is 23.5. The molecule has 0 amide bonds. The third-order valence-corrected chi connectivity index (χ3v) is 3.99. The summed E-state index contributed by atoms with van der Waals surface area (Å²) in [5.41, 5.74) is 1.38. The molecule has 1 heterocycles. The third kappa shape index (κ3) is 2.70. The Hall–Kier alpha value is -2.21. The Morgan fingerprint density at radius 1 is 1.40 bits per heavy atom. The fourth-order valence-electron chi connectivity index (χ4n) is 1.88. The summed E-state index contributed by atoms with van der Waals surface area (Å²) in [5.74, 6) is -0.398. The predicted octanol–water partition coefficient (Wildman–Crippen LogP) is 3.81. The van der Waals surface area contributed by atoms with E-state index in [2.05, 4.69) is 0 Å². The van der Waals surface area contributed by atoms with E-state index in [1.54, 1.807) is 31.2 Å². The fraction of sp³-hybridized carbons (Fsp3) is 0.214. The van der Waals surface area contributed by atoms with Crippen LogP contribution in [-0.4, -0.2) is 17.5 Å². The van der Waals surface area contributed by atoms with Gasteiger partial charge in [-0.2, -0.15) is 0 Å². The molecule has 2 rings (SSSR count). The molecule has 2 aromatic rings. The maximum absolute atomic E-state index is 11.7. The number of carbonyl (C=O) groups is 1. The van der Waals surface area contributed by atoms with Gasteiger partial charge in [0.1, 0.15) is 4.88 Å². The first-order chi connectivity index (χ1) is 9.54.